The molecule has 0 radical (unpaired) electrons. The molecule has 5 heteroatoms. The van der Waals surface area contributed by atoms with Gasteiger partial charge in [0.05, 0.1) is 0 Å². The van der Waals surface area contributed by atoms with Gasteiger partial charge in [0, 0.05) is 18.7 Å². The van der Waals surface area contributed by atoms with Gasteiger partial charge in [-0.25, -0.2) is 0 Å². The van der Waals surface area contributed by atoms with Crippen molar-refractivity contribution in [3.05, 3.63) is 46.0 Å². The molecule has 0 spiro atoms. The van der Waals surface area contributed by atoms with Crippen molar-refractivity contribution in [2.45, 2.75) is 52.7 Å². The molecule has 2 aliphatic rings. The standard InChI is InChI=1S/C22H27NO4/c1-13-14(2)21-17(15(3)20(13)24)7-8-22(4,27-21)11-23-10-16-5-6-18-19(9-16)26-12-25-18/h5-6,9,23-24H,7-8,10-12H2,1-4H3. The lowest BCUT2D eigenvalue weighted by molar-refractivity contribution is 0.0630. The third-order valence-corrected chi connectivity index (χ3v) is 5.86. The van der Waals surface area contributed by atoms with E-state index < -0.39 is 0 Å². The van der Waals surface area contributed by atoms with Gasteiger partial charge in [-0.1, -0.05) is 6.07 Å². The van der Waals surface area contributed by atoms with E-state index in [1.807, 2.05) is 32.9 Å². The highest BCUT2D eigenvalue weighted by atomic mass is 16.7. The SMILES string of the molecule is Cc1c(C)c2c(c(C)c1O)CCC(C)(CNCc1ccc3c(c1)OCO3)O2. The summed E-state index contributed by atoms with van der Waals surface area (Å²) in [5.74, 6) is 2.97. The molecular formula is C22H27NO4. The Bertz CT molecular complexity index is 893. The van der Waals surface area contributed by atoms with Crippen LogP contribution in [0.25, 0.3) is 0 Å². The van der Waals surface area contributed by atoms with Crippen LogP contribution in [0.1, 0.15) is 41.2 Å². The van der Waals surface area contributed by atoms with Gasteiger partial charge in [-0.15, -0.1) is 0 Å². The van der Waals surface area contributed by atoms with Crippen LogP contribution in [0.3, 0.4) is 0 Å². The van der Waals surface area contributed by atoms with E-state index in [1.54, 1.807) is 0 Å². The van der Waals surface area contributed by atoms with Gasteiger partial charge in [0.15, 0.2) is 11.5 Å². The molecule has 5 nitrogen and oxygen atoms in total. The summed E-state index contributed by atoms with van der Waals surface area (Å²) in [5, 5.41) is 13.8. The minimum absolute atomic E-state index is 0.274. The highest BCUT2D eigenvalue weighted by Crippen LogP contribution is 2.43. The Morgan fingerprint density at radius 1 is 1.07 bits per heavy atom. The van der Waals surface area contributed by atoms with Crippen molar-refractivity contribution in [2.24, 2.45) is 0 Å². The lowest BCUT2D eigenvalue weighted by Gasteiger charge is -2.38. The Labute approximate surface area is 160 Å². The first kappa shape index (κ1) is 18.0. The van der Waals surface area contributed by atoms with Gasteiger partial charge in [0.25, 0.3) is 0 Å². The van der Waals surface area contributed by atoms with Crippen LogP contribution in [0, 0.1) is 20.8 Å². The molecule has 2 heterocycles. The van der Waals surface area contributed by atoms with Gasteiger partial charge < -0.3 is 24.6 Å². The Morgan fingerprint density at radius 3 is 2.67 bits per heavy atom. The molecule has 144 valence electrons. The van der Waals surface area contributed by atoms with Crippen molar-refractivity contribution < 1.29 is 19.3 Å². The lowest BCUT2D eigenvalue weighted by Crippen LogP contribution is -2.45. The van der Waals surface area contributed by atoms with Crippen LogP contribution < -0.4 is 19.5 Å². The molecule has 0 aliphatic carbocycles. The number of rotatable bonds is 4. The van der Waals surface area contributed by atoms with Crippen molar-refractivity contribution >= 4 is 0 Å². The lowest BCUT2D eigenvalue weighted by atomic mass is 9.87. The van der Waals surface area contributed by atoms with Crippen LogP contribution in [-0.4, -0.2) is 24.0 Å². The summed E-state index contributed by atoms with van der Waals surface area (Å²) in [6.45, 7) is 9.90. The highest BCUT2D eigenvalue weighted by Gasteiger charge is 2.34. The summed E-state index contributed by atoms with van der Waals surface area (Å²) in [5.41, 5.74) is 4.92. The zero-order valence-electron chi connectivity index (χ0n) is 16.4. The fourth-order valence-corrected chi connectivity index (χ4v) is 3.94. The summed E-state index contributed by atoms with van der Waals surface area (Å²) in [4.78, 5) is 0. The van der Waals surface area contributed by atoms with Gasteiger partial charge in [0.1, 0.15) is 17.1 Å². The zero-order valence-corrected chi connectivity index (χ0v) is 16.4. The number of hydrogen-bond donors (Lipinski definition) is 2. The smallest absolute Gasteiger partial charge is 0.231 e. The van der Waals surface area contributed by atoms with Crippen molar-refractivity contribution in [1.82, 2.24) is 5.32 Å². The van der Waals surface area contributed by atoms with Crippen molar-refractivity contribution in [3.8, 4) is 23.0 Å². The molecule has 2 aromatic carbocycles. The average Bonchev–Trinajstić information content (AvgIpc) is 3.12. The third-order valence-electron chi connectivity index (χ3n) is 5.86. The maximum Gasteiger partial charge on any atom is 0.231 e. The molecule has 0 aromatic heterocycles. The number of phenols is 1. The quantitative estimate of drug-likeness (QED) is 0.855. The maximum absolute atomic E-state index is 10.3. The summed E-state index contributed by atoms with van der Waals surface area (Å²) in [6, 6.07) is 6.03. The van der Waals surface area contributed by atoms with E-state index in [2.05, 4.69) is 18.3 Å². The van der Waals surface area contributed by atoms with E-state index in [0.29, 0.717) is 12.5 Å². The average molecular weight is 369 g/mol. The molecule has 2 aliphatic heterocycles. The second-order valence-electron chi connectivity index (χ2n) is 7.87. The van der Waals surface area contributed by atoms with Crippen molar-refractivity contribution in [3.63, 3.8) is 0 Å². The third kappa shape index (κ3) is 3.21. The molecule has 4 rings (SSSR count). The second kappa shape index (κ2) is 6.64. The van der Waals surface area contributed by atoms with Gasteiger partial charge in [-0.05, 0) is 74.9 Å². The molecule has 1 atom stereocenters. The summed E-state index contributed by atoms with van der Waals surface area (Å²) in [6.07, 6.45) is 1.83. The van der Waals surface area contributed by atoms with Crippen LogP contribution in [0.15, 0.2) is 18.2 Å². The Kier molecular flexibility index (Phi) is 4.42. The molecule has 2 aromatic rings. The number of benzene rings is 2. The topological polar surface area (TPSA) is 60.0 Å². The fourth-order valence-electron chi connectivity index (χ4n) is 3.94. The summed E-state index contributed by atoms with van der Waals surface area (Å²) < 4.78 is 17.3. The van der Waals surface area contributed by atoms with Crippen LogP contribution in [0.4, 0.5) is 0 Å². The molecule has 0 bridgehead atoms. The Hall–Kier alpha value is -2.40. The maximum atomic E-state index is 10.3. The van der Waals surface area contributed by atoms with Crippen molar-refractivity contribution in [1.29, 1.82) is 0 Å². The first-order valence-electron chi connectivity index (χ1n) is 9.48. The van der Waals surface area contributed by atoms with Gasteiger partial charge in [-0.3, -0.25) is 0 Å². The highest BCUT2D eigenvalue weighted by molar-refractivity contribution is 5.58. The number of fused-ring (bicyclic) bond motifs is 2. The largest absolute Gasteiger partial charge is 0.507 e. The van der Waals surface area contributed by atoms with E-state index in [0.717, 1.165) is 71.0 Å². The van der Waals surface area contributed by atoms with Gasteiger partial charge in [-0.2, -0.15) is 0 Å². The monoisotopic (exact) mass is 369 g/mol. The first-order chi connectivity index (χ1) is 12.9. The first-order valence-corrected chi connectivity index (χ1v) is 9.48. The number of hydrogen-bond acceptors (Lipinski definition) is 5. The Morgan fingerprint density at radius 2 is 1.85 bits per heavy atom. The summed E-state index contributed by atoms with van der Waals surface area (Å²) in [7, 11) is 0. The molecule has 2 N–H and O–H groups in total. The Balaban J connectivity index is 1.45. The molecule has 1 unspecified atom stereocenters. The molecular weight excluding hydrogens is 342 g/mol. The normalized spacial score (nSPS) is 20.3. The van der Waals surface area contributed by atoms with Crippen LogP contribution >= 0.6 is 0 Å². The van der Waals surface area contributed by atoms with Gasteiger partial charge >= 0.3 is 0 Å². The van der Waals surface area contributed by atoms with Crippen LogP contribution in [-0.2, 0) is 13.0 Å². The van der Waals surface area contributed by atoms with E-state index in [9.17, 15) is 5.11 Å². The number of nitrogens with one attached hydrogen (secondary N) is 1. The number of aromatic hydroxyl groups is 1. The number of phenolic OH excluding ortho intramolecular Hbond substituents is 1. The summed E-state index contributed by atoms with van der Waals surface area (Å²) >= 11 is 0. The second-order valence-corrected chi connectivity index (χ2v) is 7.87. The molecule has 27 heavy (non-hydrogen) atoms. The predicted molar refractivity (Wildman–Crippen MR) is 104 cm³/mol. The van der Waals surface area contributed by atoms with Crippen LogP contribution in [0.5, 0.6) is 23.0 Å². The molecule has 0 saturated heterocycles. The molecule has 0 saturated carbocycles. The minimum atomic E-state index is -0.274. The minimum Gasteiger partial charge on any atom is -0.507 e. The zero-order chi connectivity index (χ0) is 19.2. The number of ether oxygens (including phenoxy) is 3. The fraction of sp³-hybridized carbons (Fsp3) is 0.455. The van der Waals surface area contributed by atoms with E-state index in [-0.39, 0.29) is 5.60 Å². The van der Waals surface area contributed by atoms with E-state index in [4.69, 9.17) is 14.2 Å². The molecule has 0 amide bonds. The van der Waals surface area contributed by atoms with E-state index >= 15 is 0 Å². The van der Waals surface area contributed by atoms with Crippen molar-refractivity contribution in [2.75, 3.05) is 13.3 Å². The van der Waals surface area contributed by atoms with Crippen LogP contribution in [0.2, 0.25) is 0 Å². The van der Waals surface area contributed by atoms with E-state index in [1.165, 1.54) is 0 Å². The molecule has 0 fully saturated rings. The predicted octanol–water partition coefficient (Wildman–Crippen LogP) is 3.92. The van der Waals surface area contributed by atoms with Gasteiger partial charge in [0.2, 0.25) is 6.79 Å².